The fourth-order valence-electron chi connectivity index (χ4n) is 5.44. The van der Waals surface area contributed by atoms with Crippen LogP contribution in [0.5, 0.6) is 5.88 Å². The fourth-order valence-corrected chi connectivity index (χ4v) is 6.44. The highest BCUT2D eigenvalue weighted by atomic mass is 32.2. The number of rotatable bonds is 1. The molecule has 1 saturated carbocycles. The number of aromatic nitrogens is 2. The standard InChI is InChI=1S/C26H29N3O3S/c1-16-7-5-8-17(2)24(16)22-12-23-28-25(27-22)29-33(30,31)20-10-6-9-18(11-20)21-14-26(3,4)13-19(21)15-32-23/h5-12,19,21H,13-15H2,1-4H3,(H,27,28,29). The van der Waals surface area contributed by atoms with Crippen LogP contribution in [0.2, 0.25) is 0 Å². The molecule has 0 saturated heterocycles. The maximum absolute atomic E-state index is 13.3. The van der Waals surface area contributed by atoms with E-state index < -0.39 is 10.0 Å². The molecule has 0 spiro atoms. The SMILES string of the molecule is Cc1cccc(C)c1-c1cc2nc(n1)NS(=O)(=O)c1cccc(c1)C1CC(C)(C)CC1CO2. The van der Waals surface area contributed by atoms with Gasteiger partial charge in [-0.1, -0.05) is 44.2 Å². The normalized spacial score (nSPS) is 22.8. The molecule has 3 aromatic rings. The van der Waals surface area contributed by atoms with Crippen LogP contribution in [0, 0.1) is 25.2 Å². The van der Waals surface area contributed by atoms with Gasteiger partial charge in [-0.05, 0) is 66.8 Å². The van der Waals surface area contributed by atoms with Gasteiger partial charge in [0.2, 0.25) is 11.8 Å². The van der Waals surface area contributed by atoms with Crippen LogP contribution in [0.25, 0.3) is 11.3 Å². The summed E-state index contributed by atoms with van der Waals surface area (Å²) in [5.41, 5.74) is 4.91. The number of nitrogens with one attached hydrogen (secondary N) is 1. The first-order chi connectivity index (χ1) is 15.6. The molecule has 2 heterocycles. The number of nitrogens with zero attached hydrogens (tertiary/aromatic N) is 2. The van der Waals surface area contributed by atoms with Crippen molar-refractivity contribution in [3.05, 3.63) is 65.2 Å². The molecule has 6 nitrogen and oxygen atoms in total. The molecule has 2 atom stereocenters. The molecular formula is C26H29N3O3S. The second-order valence-electron chi connectivity index (χ2n) is 10.1. The van der Waals surface area contributed by atoms with Crippen molar-refractivity contribution < 1.29 is 13.2 Å². The van der Waals surface area contributed by atoms with Gasteiger partial charge < -0.3 is 4.74 Å². The maximum Gasteiger partial charge on any atom is 0.264 e. The Labute approximate surface area is 195 Å². The Kier molecular flexibility index (Phi) is 5.20. The largest absolute Gasteiger partial charge is 0.477 e. The third kappa shape index (κ3) is 4.22. The minimum Gasteiger partial charge on any atom is -0.477 e. The maximum atomic E-state index is 13.3. The van der Waals surface area contributed by atoms with Gasteiger partial charge in [-0.25, -0.2) is 18.1 Å². The van der Waals surface area contributed by atoms with E-state index in [1.54, 1.807) is 12.1 Å². The van der Waals surface area contributed by atoms with Crippen LogP contribution in [0.15, 0.2) is 53.4 Å². The molecule has 2 unspecified atom stereocenters. The van der Waals surface area contributed by atoms with Crippen LogP contribution in [-0.2, 0) is 10.0 Å². The molecule has 2 aromatic carbocycles. The van der Waals surface area contributed by atoms with Gasteiger partial charge in [-0.2, -0.15) is 4.98 Å². The average molecular weight is 464 g/mol. The zero-order valence-corrected chi connectivity index (χ0v) is 20.2. The van der Waals surface area contributed by atoms with Crippen LogP contribution >= 0.6 is 0 Å². The summed E-state index contributed by atoms with van der Waals surface area (Å²) >= 11 is 0. The first-order valence-electron chi connectivity index (χ1n) is 11.3. The predicted octanol–water partition coefficient (Wildman–Crippen LogP) is 5.47. The van der Waals surface area contributed by atoms with Crippen LogP contribution < -0.4 is 9.46 Å². The number of hydrogen-bond acceptors (Lipinski definition) is 5. The first kappa shape index (κ1) is 21.9. The van der Waals surface area contributed by atoms with Gasteiger partial charge in [0.25, 0.3) is 10.0 Å². The number of fused-ring (bicyclic) bond motifs is 6. The monoisotopic (exact) mass is 463 g/mol. The van der Waals surface area contributed by atoms with E-state index >= 15 is 0 Å². The molecule has 1 aromatic heterocycles. The summed E-state index contributed by atoms with van der Waals surface area (Å²) in [5, 5.41) is 0. The van der Waals surface area contributed by atoms with Crippen molar-refractivity contribution in [1.82, 2.24) is 9.97 Å². The third-order valence-electron chi connectivity index (χ3n) is 6.86. The van der Waals surface area contributed by atoms with Crippen LogP contribution in [0.3, 0.4) is 0 Å². The predicted molar refractivity (Wildman–Crippen MR) is 129 cm³/mol. The molecule has 5 rings (SSSR count). The number of hydrogen-bond donors (Lipinski definition) is 1. The Balaban J connectivity index is 1.66. The van der Waals surface area contributed by atoms with E-state index in [1.807, 2.05) is 50.2 Å². The number of anilines is 1. The first-order valence-corrected chi connectivity index (χ1v) is 12.8. The van der Waals surface area contributed by atoms with Crippen molar-refractivity contribution in [2.75, 3.05) is 11.3 Å². The number of aryl methyl sites for hydroxylation is 2. The summed E-state index contributed by atoms with van der Waals surface area (Å²) < 4.78 is 35.3. The Morgan fingerprint density at radius 2 is 1.73 bits per heavy atom. The lowest BCUT2D eigenvalue weighted by molar-refractivity contribution is 0.222. The number of benzene rings is 2. The minimum absolute atomic E-state index is 0.0134. The van der Waals surface area contributed by atoms with Crippen LogP contribution in [-0.4, -0.2) is 25.0 Å². The molecule has 2 aliphatic rings. The third-order valence-corrected chi connectivity index (χ3v) is 8.19. The summed E-state index contributed by atoms with van der Waals surface area (Å²) in [7, 11) is -3.85. The van der Waals surface area contributed by atoms with Gasteiger partial charge in [0.1, 0.15) is 0 Å². The molecule has 172 valence electrons. The Morgan fingerprint density at radius 1 is 1.00 bits per heavy atom. The van der Waals surface area contributed by atoms with Crippen molar-refractivity contribution in [2.24, 2.45) is 11.3 Å². The second kappa shape index (κ2) is 7.83. The lowest BCUT2D eigenvalue weighted by atomic mass is 9.88. The fraction of sp³-hybridized carbons (Fsp3) is 0.385. The molecular weight excluding hydrogens is 434 g/mol. The Morgan fingerprint density at radius 3 is 2.48 bits per heavy atom. The van der Waals surface area contributed by atoms with Crippen molar-refractivity contribution in [3.63, 3.8) is 0 Å². The van der Waals surface area contributed by atoms with Crippen molar-refractivity contribution >= 4 is 16.0 Å². The highest BCUT2D eigenvalue weighted by Crippen LogP contribution is 2.50. The highest BCUT2D eigenvalue weighted by Gasteiger charge is 2.40. The number of ether oxygens (including phenoxy) is 1. The summed E-state index contributed by atoms with van der Waals surface area (Å²) in [6, 6.07) is 15.1. The summed E-state index contributed by atoms with van der Waals surface area (Å²) in [4.78, 5) is 9.21. The van der Waals surface area contributed by atoms with Crippen molar-refractivity contribution in [2.45, 2.75) is 51.3 Å². The van der Waals surface area contributed by atoms with Crippen LogP contribution in [0.4, 0.5) is 5.95 Å². The zero-order valence-electron chi connectivity index (χ0n) is 19.4. The molecule has 1 aliphatic heterocycles. The minimum atomic E-state index is -3.85. The van der Waals surface area contributed by atoms with Crippen molar-refractivity contribution in [1.29, 1.82) is 0 Å². The second-order valence-corrected chi connectivity index (χ2v) is 11.8. The molecule has 0 radical (unpaired) electrons. The van der Waals surface area contributed by atoms with Gasteiger partial charge in [-0.15, -0.1) is 0 Å². The van der Waals surface area contributed by atoms with E-state index in [0.717, 1.165) is 35.1 Å². The number of sulfonamides is 1. The summed E-state index contributed by atoms with van der Waals surface area (Å²) in [5.74, 6) is 0.897. The Hall–Kier alpha value is -2.93. The molecule has 33 heavy (non-hydrogen) atoms. The molecule has 7 heteroatoms. The highest BCUT2D eigenvalue weighted by molar-refractivity contribution is 7.92. The molecule has 4 bridgehead atoms. The topological polar surface area (TPSA) is 81.2 Å². The molecule has 1 N–H and O–H groups in total. The van der Waals surface area contributed by atoms with E-state index in [0.29, 0.717) is 18.2 Å². The zero-order chi connectivity index (χ0) is 23.4. The smallest absolute Gasteiger partial charge is 0.264 e. The summed E-state index contributed by atoms with van der Waals surface area (Å²) in [6.45, 7) is 9.09. The van der Waals surface area contributed by atoms with Gasteiger partial charge in [-0.3, -0.25) is 0 Å². The van der Waals surface area contributed by atoms with E-state index in [9.17, 15) is 8.42 Å². The molecule has 1 fully saturated rings. The van der Waals surface area contributed by atoms with E-state index in [2.05, 4.69) is 28.5 Å². The van der Waals surface area contributed by atoms with Crippen molar-refractivity contribution in [3.8, 4) is 17.1 Å². The van der Waals surface area contributed by atoms with E-state index in [-0.39, 0.29) is 28.1 Å². The van der Waals surface area contributed by atoms with Gasteiger partial charge in [0.05, 0.1) is 17.2 Å². The van der Waals surface area contributed by atoms with Gasteiger partial charge in [0, 0.05) is 17.5 Å². The molecule has 0 amide bonds. The van der Waals surface area contributed by atoms with Crippen LogP contribution in [0.1, 0.15) is 49.3 Å². The lowest BCUT2D eigenvalue weighted by Crippen LogP contribution is -2.20. The quantitative estimate of drug-likeness (QED) is 0.517. The summed E-state index contributed by atoms with van der Waals surface area (Å²) in [6.07, 6.45) is 2.00. The van der Waals surface area contributed by atoms with Gasteiger partial charge in [0.15, 0.2) is 0 Å². The lowest BCUT2D eigenvalue weighted by Gasteiger charge is -2.22. The van der Waals surface area contributed by atoms with E-state index in [1.165, 1.54) is 0 Å². The van der Waals surface area contributed by atoms with Gasteiger partial charge >= 0.3 is 0 Å². The molecule has 1 aliphatic carbocycles. The van der Waals surface area contributed by atoms with E-state index in [4.69, 9.17) is 4.74 Å². The average Bonchev–Trinajstić information content (AvgIpc) is 3.06. The Bertz CT molecular complexity index is 1310.